The van der Waals surface area contributed by atoms with E-state index < -0.39 is 0 Å². The SMILES string of the molecule is [2H]c1ccc(/C=C\c2ccccc2)cc1. The lowest BCUT2D eigenvalue weighted by Gasteiger charge is -1.92. The van der Waals surface area contributed by atoms with Gasteiger partial charge in [-0.05, 0) is 11.1 Å². The summed E-state index contributed by atoms with van der Waals surface area (Å²) in [5, 5.41) is 0. The summed E-state index contributed by atoms with van der Waals surface area (Å²) in [4.78, 5) is 0. The molecule has 0 saturated carbocycles. The van der Waals surface area contributed by atoms with Crippen LogP contribution in [0.2, 0.25) is 0 Å². The van der Waals surface area contributed by atoms with E-state index in [1.54, 1.807) is 12.1 Å². The Hall–Kier alpha value is -1.82. The molecule has 0 atom stereocenters. The zero-order valence-corrected chi connectivity index (χ0v) is 7.85. The van der Waals surface area contributed by atoms with Crippen LogP contribution in [0.15, 0.2) is 60.6 Å². The highest BCUT2D eigenvalue weighted by Crippen LogP contribution is 2.06. The third-order valence-corrected chi connectivity index (χ3v) is 2.01. The van der Waals surface area contributed by atoms with Crippen molar-refractivity contribution in [2.45, 2.75) is 0 Å². The Labute approximate surface area is 85.9 Å². The maximum atomic E-state index is 7.36. The van der Waals surface area contributed by atoms with Crippen molar-refractivity contribution in [3.05, 3.63) is 71.8 Å². The molecule has 0 heteroatoms. The highest BCUT2D eigenvalue weighted by atomic mass is 13.9. The third-order valence-electron chi connectivity index (χ3n) is 2.01. The second-order valence-electron chi connectivity index (χ2n) is 3.08. The minimum Gasteiger partial charge on any atom is -0.0622 e. The van der Waals surface area contributed by atoms with Crippen LogP contribution >= 0.6 is 0 Å². The molecule has 0 heterocycles. The van der Waals surface area contributed by atoms with Crippen molar-refractivity contribution in [1.29, 1.82) is 0 Å². The molecule has 68 valence electrons. The van der Waals surface area contributed by atoms with Gasteiger partial charge < -0.3 is 0 Å². The van der Waals surface area contributed by atoms with E-state index in [-0.39, 0.29) is 0 Å². The summed E-state index contributed by atoms with van der Waals surface area (Å²) in [7, 11) is 0. The summed E-state index contributed by atoms with van der Waals surface area (Å²) < 4.78 is 7.36. The van der Waals surface area contributed by atoms with Gasteiger partial charge in [-0.25, -0.2) is 0 Å². The molecule has 0 aliphatic carbocycles. The summed E-state index contributed by atoms with van der Waals surface area (Å²) in [6, 6.07) is 18.2. The molecular weight excluding hydrogens is 168 g/mol. The van der Waals surface area contributed by atoms with Gasteiger partial charge in [-0.2, -0.15) is 0 Å². The Morgan fingerprint density at radius 2 is 1.21 bits per heavy atom. The summed E-state index contributed by atoms with van der Waals surface area (Å²) in [5.41, 5.74) is 2.31. The van der Waals surface area contributed by atoms with Crippen LogP contribution in [0.1, 0.15) is 12.5 Å². The van der Waals surface area contributed by atoms with Crippen molar-refractivity contribution < 1.29 is 1.37 Å². The van der Waals surface area contributed by atoms with Crippen molar-refractivity contribution in [3.8, 4) is 0 Å². The van der Waals surface area contributed by atoms with Gasteiger partial charge in [-0.3, -0.25) is 0 Å². The quantitative estimate of drug-likeness (QED) is 0.617. The van der Waals surface area contributed by atoms with Crippen molar-refractivity contribution in [2.75, 3.05) is 0 Å². The maximum Gasteiger partial charge on any atom is 0.0623 e. The topological polar surface area (TPSA) is 0 Å². The van der Waals surface area contributed by atoms with Crippen molar-refractivity contribution in [2.24, 2.45) is 0 Å². The van der Waals surface area contributed by atoms with E-state index >= 15 is 0 Å². The molecule has 0 N–H and O–H groups in total. The zero-order valence-electron chi connectivity index (χ0n) is 8.85. The summed E-state index contributed by atoms with van der Waals surface area (Å²) in [5.74, 6) is 0. The first kappa shape index (κ1) is 7.57. The number of rotatable bonds is 2. The number of hydrogen-bond donors (Lipinski definition) is 0. The largest absolute Gasteiger partial charge is 0.0623 e. The van der Waals surface area contributed by atoms with E-state index in [0.717, 1.165) is 5.56 Å². The summed E-state index contributed by atoms with van der Waals surface area (Å²) >= 11 is 0. The van der Waals surface area contributed by atoms with Crippen molar-refractivity contribution >= 4 is 12.2 Å². The lowest BCUT2D eigenvalue weighted by atomic mass is 10.1. The number of benzene rings is 2. The summed E-state index contributed by atoms with van der Waals surface area (Å²) in [6.07, 6.45) is 4.12. The van der Waals surface area contributed by atoms with Gasteiger partial charge in [0, 0.05) is 0 Å². The van der Waals surface area contributed by atoms with Crippen LogP contribution in [0.5, 0.6) is 0 Å². The fourth-order valence-electron chi connectivity index (χ4n) is 1.27. The van der Waals surface area contributed by atoms with Gasteiger partial charge in [0.05, 0.1) is 1.37 Å². The lowest BCUT2D eigenvalue weighted by molar-refractivity contribution is 1.65. The van der Waals surface area contributed by atoms with Crippen LogP contribution in [-0.2, 0) is 0 Å². The Morgan fingerprint density at radius 1 is 0.714 bits per heavy atom. The molecule has 0 unspecified atom stereocenters. The Kier molecular flexibility index (Phi) is 2.39. The molecular formula is C14H12. The fraction of sp³-hybridized carbons (Fsp3) is 0. The fourth-order valence-corrected chi connectivity index (χ4v) is 1.27. The molecule has 0 fully saturated rings. The van der Waals surface area contributed by atoms with E-state index in [9.17, 15) is 0 Å². The highest BCUT2D eigenvalue weighted by molar-refractivity contribution is 5.69. The zero-order chi connectivity index (χ0) is 10.5. The van der Waals surface area contributed by atoms with Gasteiger partial charge in [0.1, 0.15) is 0 Å². The molecule has 2 aromatic rings. The second-order valence-corrected chi connectivity index (χ2v) is 3.08. The van der Waals surface area contributed by atoms with E-state index in [1.807, 2.05) is 30.3 Å². The minimum atomic E-state index is 0.548. The number of hydrogen-bond acceptors (Lipinski definition) is 0. The van der Waals surface area contributed by atoms with Gasteiger partial charge in [-0.15, -0.1) is 0 Å². The Bertz CT molecular complexity index is 441. The van der Waals surface area contributed by atoms with E-state index in [1.165, 1.54) is 5.56 Å². The molecule has 2 aromatic carbocycles. The molecule has 2 rings (SSSR count). The van der Waals surface area contributed by atoms with Crippen LogP contribution in [0.3, 0.4) is 0 Å². The smallest absolute Gasteiger partial charge is 0.0622 e. The Morgan fingerprint density at radius 3 is 1.79 bits per heavy atom. The summed E-state index contributed by atoms with van der Waals surface area (Å²) in [6.45, 7) is 0. The van der Waals surface area contributed by atoms with Gasteiger partial charge in [-0.1, -0.05) is 72.8 Å². The average Bonchev–Trinajstić information content (AvgIpc) is 2.30. The standard InChI is InChI=1S/C14H12/c1-3-7-13(8-4-1)11-12-14-9-5-2-6-10-14/h1-12H/b12-11-/i1D. The average molecular weight is 181 g/mol. The van der Waals surface area contributed by atoms with Crippen molar-refractivity contribution in [1.82, 2.24) is 0 Å². The molecule has 0 bridgehead atoms. The predicted molar refractivity (Wildman–Crippen MR) is 61.8 cm³/mol. The molecule has 0 aromatic heterocycles. The normalized spacial score (nSPS) is 11.6. The van der Waals surface area contributed by atoms with Crippen LogP contribution in [0.4, 0.5) is 0 Å². The third kappa shape index (κ3) is 2.33. The lowest BCUT2D eigenvalue weighted by Crippen LogP contribution is -1.70. The molecule has 0 saturated heterocycles. The monoisotopic (exact) mass is 181 g/mol. The van der Waals surface area contributed by atoms with E-state index in [4.69, 9.17) is 1.37 Å². The first-order chi connectivity index (χ1) is 7.34. The second kappa shape index (κ2) is 4.43. The first-order valence-electron chi connectivity index (χ1n) is 5.14. The minimum absolute atomic E-state index is 0.548. The molecule has 0 amide bonds. The maximum absolute atomic E-state index is 7.36. The molecule has 14 heavy (non-hydrogen) atoms. The van der Waals surface area contributed by atoms with Gasteiger partial charge >= 0.3 is 0 Å². The van der Waals surface area contributed by atoms with Gasteiger partial charge in [0.15, 0.2) is 0 Å². The first-order valence-corrected chi connectivity index (χ1v) is 4.64. The van der Waals surface area contributed by atoms with Crippen LogP contribution in [0.25, 0.3) is 12.2 Å². The molecule has 0 spiro atoms. The van der Waals surface area contributed by atoms with Crippen LogP contribution in [-0.4, -0.2) is 0 Å². The van der Waals surface area contributed by atoms with Crippen molar-refractivity contribution in [3.63, 3.8) is 0 Å². The molecule has 0 aliphatic heterocycles. The highest BCUT2D eigenvalue weighted by Gasteiger charge is 1.84. The molecule has 0 aliphatic rings. The van der Waals surface area contributed by atoms with E-state index in [2.05, 4.69) is 24.3 Å². The predicted octanol–water partition coefficient (Wildman–Crippen LogP) is 3.86. The Balaban J connectivity index is 2.15. The molecule has 0 radical (unpaired) electrons. The van der Waals surface area contributed by atoms with Crippen LogP contribution in [0, 0.1) is 0 Å². The van der Waals surface area contributed by atoms with E-state index in [0.29, 0.717) is 6.04 Å². The van der Waals surface area contributed by atoms with Gasteiger partial charge in [0.25, 0.3) is 0 Å². The van der Waals surface area contributed by atoms with Gasteiger partial charge in [0.2, 0.25) is 0 Å². The van der Waals surface area contributed by atoms with Crippen LogP contribution < -0.4 is 0 Å². The molecule has 0 nitrogen and oxygen atoms in total.